The molecule has 0 saturated heterocycles. The maximum absolute atomic E-state index is 13.2. The highest BCUT2D eigenvalue weighted by Gasteiger charge is 2.12. The molecule has 0 nitrogen and oxygen atoms in total. The lowest BCUT2D eigenvalue weighted by atomic mass is 9.94. The van der Waals surface area contributed by atoms with Gasteiger partial charge in [-0.25, -0.2) is 4.39 Å². The Balaban J connectivity index is 2.09. The summed E-state index contributed by atoms with van der Waals surface area (Å²) in [6, 6.07) is 14.6. The topological polar surface area (TPSA) is 0 Å². The van der Waals surface area contributed by atoms with Crippen molar-refractivity contribution in [1.82, 2.24) is 0 Å². The summed E-state index contributed by atoms with van der Waals surface area (Å²) in [4.78, 5) is 0. The zero-order valence-electron chi connectivity index (χ0n) is 10.5. The first-order valence-electron chi connectivity index (χ1n) is 6.23. The first kappa shape index (κ1) is 14.4. The van der Waals surface area contributed by atoms with Crippen molar-refractivity contribution in [3.8, 4) is 0 Å². The normalized spacial score (nSPS) is 12.4. The molecular formula is C16H15Cl2F. The molecule has 3 heteroatoms. The molecule has 0 bridgehead atoms. The fourth-order valence-electron chi connectivity index (χ4n) is 2.14. The SMILES string of the molecule is Fc1ccc(Cl)c(CC(CCl)Cc2ccccc2)c1. The number of benzene rings is 2. The Morgan fingerprint density at radius 1 is 1.00 bits per heavy atom. The molecule has 0 aliphatic carbocycles. The van der Waals surface area contributed by atoms with Gasteiger partial charge in [-0.3, -0.25) is 0 Å². The van der Waals surface area contributed by atoms with Crippen LogP contribution in [0.5, 0.6) is 0 Å². The van der Waals surface area contributed by atoms with E-state index in [1.165, 1.54) is 17.7 Å². The lowest BCUT2D eigenvalue weighted by Gasteiger charge is -2.15. The molecule has 0 aliphatic rings. The van der Waals surface area contributed by atoms with Crippen molar-refractivity contribution in [2.75, 3.05) is 5.88 Å². The molecule has 0 amide bonds. The van der Waals surface area contributed by atoms with E-state index in [4.69, 9.17) is 23.2 Å². The fraction of sp³-hybridized carbons (Fsp3) is 0.250. The summed E-state index contributed by atoms with van der Waals surface area (Å²) in [6.45, 7) is 0. The molecule has 19 heavy (non-hydrogen) atoms. The van der Waals surface area contributed by atoms with Gasteiger partial charge in [-0.15, -0.1) is 11.6 Å². The van der Waals surface area contributed by atoms with Crippen molar-refractivity contribution in [2.45, 2.75) is 12.8 Å². The van der Waals surface area contributed by atoms with Crippen LogP contribution in [0.4, 0.5) is 4.39 Å². The predicted molar refractivity (Wildman–Crippen MR) is 79.5 cm³/mol. The minimum Gasteiger partial charge on any atom is -0.207 e. The van der Waals surface area contributed by atoms with Gasteiger partial charge in [-0.2, -0.15) is 0 Å². The van der Waals surface area contributed by atoms with Gasteiger partial charge in [0.2, 0.25) is 0 Å². The standard InChI is InChI=1S/C16H15Cl2F/c17-11-13(8-12-4-2-1-3-5-12)9-14-10-15(19)6-7-16(14)18/h1-7,10,13H,8-9,11H2. The summed E-state index contributed by atoms with van der Waals surface area (Å²) in [6.07, 6.45) is 1.56. The van der Waals surface area contributed by atoms with Gasteiger partial charge < -0.3 is 0 Å². The largest absolute Gasteiger partial charge is 0.207 e. The van der Waals surface area contributed by atoms with Crippen LogP contribution >= 0.6 is 23.2 Å². The van der Waals surface area contributed by atoms with Crippen molar-refractivity contribution in [3.63, 3.8) is 0 Å². The second kappa shape index (κ2) is 6.93. The second-order valence-corrected chi connectivity index (χ2v) is 5.37. The van der Waals surface area contributed by atoms with E-state index >= 15 is 0 Å². The van der Waals surface area contributed by atoms with E-state index in [1.807, 2.05) is 18.2 Å². The second-order valence-electron chi connectivity index (χ2n) is 4.65. The Morgan fingerprint density at radius 2 is 1.74 bits per heavy atom. The number of alkyl halides is 1. The molecule has 0 aromatic heterocycles. The third-order valence-electron chi connectivity index (χ3n) is 3.10. The fourth-order valence-corrected chi connectivity index (χ4v) is 2.55. The van der Waals surface area contributed by atoms with Crippen LogP contribution in [0, 0.1) is 11.7 Å². The molecule has 0 N–H and O–H groups in total. The summed E-state index contributed by atoms with van der Waals surface area (Å²) in [7, 11) is 0. The van der Waals surface area contributed by atoms with E-state index in [2.05, 4.69) is 12.1 Å². The average Bonchev–Trinajstić information content (AvgIpc) is 2.43. The Labute approximate surface area is 123 Å². The number of halogens is 3. The summed E-state index contributed by atoms with van der Waals surface area (Å²) in [5.41, 5.74) is 2.06. The summed E-state index contributed by atoms with van der Waals surface area (Å²) < 4.78 is 13.2. The van der Waals surface area contributed by atoms with Crippen LogP contribution in [-0.4, -0.2) is 5.88 Å². The van der Waals surface area contributed by atoms with Gasteiger partial charge in [0.05, 0.1) is 0 Å². The van der Waals surface area contributed by atoms with Crippen LogP contribution < -0.4 is 0 Å². The lowest BCUT2D eigenvalue weighted by molar-refractivity contribution is 0.576. The van der Waals surface area contributed by atoms with E-state index in [0.29, 0.717) is 17.3 Å². The van der Waals surface area contributed by atoms with Crippen molar-refractivity contribution in [1.29, 1.82) is 0 Å². The first-order chi connectivity index (χ1) is 9.19. The maximum Gasteiger partial charge on any atom is 0.123 e. The van der Waals surface area contributed by atoms with E-state index in [0.717, 1.165) is 12.0 Å². The van der Waals surface area contributed by atoms with Crippen LogP contribution in [0.2, 0.25) is 5.02 Å². The Kier molecular flexibility index (Phi) is 5.24. The maximum atomic E-state index is 13.2. The monoisotopic (exact) mass is 296 g/mol. The van der Waals surface area contributed by atoms with Gasteiger partial charge >= 0.3 is 0 Å². The molecule has 0 aliphatic heterocycles. The minimum atomic E-state index is -0.257. The van der Waals surface area contributed by atoms with Gasteiger partial charge in [0.15, 0.2) is 0 Å². The van der Waals surface area contributed by atoms with Crippen molar-refractivity contribution < 1.29 is 4.39 Å². The van der Waals surface area contributed by atoms with E-state index < -0.39 is 0 Å². The molecule has 0 fully saturated rings. The van der Waals surface area contributed by atoms with Crippen molar-refractivity contribution in [3.05, 3.63) is 70.5 Å². The van der Waals surface area contributed by atoms with E-state index in [9.17, 15) is 4.39 Å². The minimum absolute atomic E-state index is 0.253. The summed E-state index contributed by atoms with van der Waals surface area (Å²) in [5, 5.41) is 0.601. The summed E-state index contributed by atoms with van der Waals surface area (Å²) >= 11 is 12.1. The number of rotatable bonds is 5. The number of hydrogen-bond donors (Lipinski definition) is 0. The van der Waals surface area contributed by atoms with Crippen molar-refractivity contribution in [2.24, 2.45) is 5.92 Å². The highest BCUT2D eigenvalue weighted by Crippen LogP contribution is 2.23. The van der Waals surface area contributed by atoms with Crippen molar-refractivity contribution >= 4 is 23.2 Å². The third kappa shape index (κ3) is 4.22. The smallest absolute Gasteiger partial charge is 0.123 e. The molecule has 0 radical (unpaired) electrons. The summed E-state index contributed by atoms with van der Waals surface area (Å²) in [5.74, 6) is 0.526. The molecule has 2 aromatic carbocycles. The highest BCUT2D eigenvalue weighted by atomic mass is 35.5. The lowest BCUT2D eigenvalue weighted by Crippen LogP contribution is -2.10. The zero-order valence-corrected chi connectivity index (χ0v) is 12.0. The van der Waals surface area contributed by atoms with Gasteiger partial charge in [-0.1, -0.05) is 41.9 Å². The molecule has 2 rings (SSSR count). The van der Waals surface area contributed by atoms with Gasteiger partial charge in [0, 0.05) is 10.9 Å². The predicted octanol–water partition coefficient (Wildman–Crippen LogP) is 5.12. The molecule has 100 valence electrons. The molecule has 0 saturated carbocycles. The quantitative estimate of drug-likeness (QED) is 0.672. The molecule has 1 atom stereocenters. The Hall–Kier alpha value is -1.05. The average molecular weight is 297 g/mol. The Bertz CT molecular complexity index is 526. The third-order valence-corrected chi connectivity index (χ3v) is 3.91. The van der Waals surface area contributed by atoms with Crippen LogP contribution in [0.15, 0.2) is 48.5 Å². The van der Waals surface area contributed by atoms with Gasteiger partial charge in [-0.05, 0) is 48.1 Å². The van der Waals surface area contributed by atoms with Crippen LogP contribution in [0.25, 0.3) is 0 Å². The van der Waals surface area contributed by atoms with Gasteiger partial charge in [0.1, 0.15) is 5.82 Å². The molecule has 0 heterocycles. The van der Waals surface area contributed by atoms with Crippen LogP contribution in [0.1, 0.15) is 11.1 Å². The highest BCUT2D eigenvalue weighted by molar-refractivity contribution is 6.31. The van der Waals surface area contributed by atoms with Crippen LogP contribution in [-0.2, 0) is 12.8 Å². The zero-order chi connectivity index (χ0) is 13.7. The molecular weight excluding hydrogens is 282 g/mol. The number of hydrogen-bond acceptors (Lipinski definition) is 0. The van der Waals surface area contributed by atoms with E-state index in [-0.39, 0.29) is 11.7 Å². The van der Waals surface area contributed by atoms with Gasteiger partial charge in [0.25, 0.3) is 0 Å². The molecule has 2 aromatic rings. The first-order valence-corrected chi connectivity index (χ1v) is 7.14. The molecule has 0 spiro atoms. The Morgan fingerprint density at radius 3 is 2.42 bits per heavy atom. The molecule has 1 unspecified atom stereocenters. The van der Waals surface area contributed by atoms with Crippen LogP contribution in [0.3, 0.4) is 0 Å². The van der Waals surface area contributed by atoms with E-state index in [1.54, 1.807) is 6.07 Å².